The van der Waals surface area contributed by atoms with E-state index in [-0.39, 0.29) is 0 Å². The Hall–Kier alpha value is -0.620. The maximum Gasteiger partial charge on any atom is 0.253 e. The summed E-state index contributed by atoms with van der Waals surface area (Å²) < 4.78 is 24.7. The minimum atomic E-state index is -2.29. The third-order valence-corrected chi connectivity index (χ3v) is 1.80. The minimum absolute atomic E-state index is 0.460. The van der Waals surface area contributed by atoms with Crippen molar-refractivity contribution in [3.05, 3.63) is 0 Å². The first-order valence-corrected chi connectivity index (χ1v) is 4.67. The van der Waals surface area contributed by atoms with Gasteiger partial charge >= 0.3 is 0 Å². The molecule has 13 heavy (non-hydrogen) atoms. The van der Waals surface area contributed by atoms with Gasteiger partial charge in [0.2, 0.25) is 0 Å². The summed E-state index contributed by atoms with van der Waals surface area (Å²) in [5, 5.41) is 2.81. The van der Waals surface area contributed by atoms with Crippen molar-refractivity contribution in [2.45, 2.75) is 45.1 Å². The molecule has 0 amide bonds. The van der Waals surface area contributed by atoms with E-state index in [0.29, 0.717) is 25.8 Å². The Morgan fingerprint density at radius 1 is 1.46 bits per heavy atom. The standard InChI is InChI=1S/C10H17F2N/c1-3-5-6-7-9(10(11)12)13-8-4-2/h1,9-10,13H,4-8H2,2H3. The first-order chi connectivity index (χ1) is 6.22. The molecule has 0 saturated carbocycles. The fourth-order valence-electron chi connectivity index (χ4n) is 1.07. The lowest BCUT2D eigenvalue weighted by Crippen LogP contribution is -2.35. The van der Waals surface area contributed by atoms with E-state index in [1.165, 1.54) is 0 Å². The topological polar surface area (TPSA) is 12.0 Å². The predicted molar refractivity (Wildman–Crippen MR) is 50.8 cm³/mol. The normalized spacial score (nSPS) is 12.8. The molecule has 0 spiro atoms. The second-order valence-electron chi connectivity index (χ2n) is 2.99. The Labute approximate surface area is 78.9 Å². The van der Waals surface area contributed by atoms with Crippen LogP contribution in [0, 0.1) is 12.3 Å². The van der Waals surface area contributed by atoms with Crippen molar-refractivity contribution in [3.63, 3.8) is 0 Å². The molecule has 76 valence electrons. The molecule has 3 heteroatoms. The average Bonchev–Trinajstić information content (AvgIpc) is 2.10. The maximum atomic E-state index is 12.3. The second kappa shape index (κ2) is 8.00. The van der Waals surface area contributed by atoms with E-state index < -0.39 is 12.5 Å². The molecule has 0 heterocycles. The summed E-state index contributed by atoms with van der Waals surface area (Å²) in [6.45, 7) is 2.60. The molecule has 0 aliphatic heterocycles. The molecule has 0 aliphatic carbocycles. The highest BCUT2D eigenvalue weighted by molar-refractivity contribution is 4.84. The third kappa shape index (κ3) is 6.53. The van der Waals surface area contributed by atoms with E-state index in [2.05, 4.69) is 11.2 Å². The molecule has 0 aliphatic rings. The lowest BCUT2D eigenvalue weighted by atomic mass is 10.1. The summed E-state index contributed by atoms with van der Waals surface area (Å²) in [5.74, 6) is 2.45. The highest BCUT2D eigenvalue weighted by atomic mass is 19.3. The first kappa shape index (κ1) is 12.4. The summed E-state index contributed by atoms with van der Waals surface area (Å²) in [6, 6.07) is -0.687. The second-order valence-corrected chi connectivity index (χ2v) is 2.99. The van der Waals surface area contributed by atoms with Crippen LogP contribution in [0.4, 0.5) is 8.78 Å². The van der Waals surface area contributed by atoms with E-state index in [1.807, 2.05) is 6.92 Å². The van der Waals surface area contributed by atoms with Crippen molar-refractivity contribution < 1.29 is 8.78 Å². The molecule has 0 saturated heterocycles. The van der Waals surface area contributed by atoms with Gasteiger partial charge in [-0.3, -0.25) is 0 Å². The van der Waals surface area contributed by atoms with Gasteiger partial charge in [0.25, 0.3) is 6.43 Å². The van der Waals surface area contributed by atoms with Gasteiger partial charge in [-0.25, -0.2) is 8.78 Å². The monoisotopic (exact) mass is 189 g/mol. The number of terminal acetylenes is 1. The highest BCUT2D eigenvalue weighted by Gasteiger charge is 2.17. The van der Waals surface area contributed by atoms with Gasteiger partial charge in [-0.05, 0) is 25.8 Å². The molecular weight excluding hydrogens is 172 g/mol. The lowest BCUT2D eigenvalue weighted by Gasteiger charge is -2.16. The molecule has 0 aromatic carbocycles. The van der Waals surface area contributed by atoms with Gasteiger partial charge < -0.3 is 5.32 Å². The van der Waals surface area contributed by atoms with Crippen LogP contribution in [0.5, 0.6) is 0 Å². The Balaban J connectivity index is 3.62. The Morgan fingerprint density at radius 3 is 2.62 bits per heavy atom. The smallest absolute Gasteiger partial charge is 0.253 e. The summed E-state index contributed by atoms with van der Waals surface area (Å²) in [6.07, 6.45) is 5.33. The van der Waals surface area contributed by atoms with Crippen LogP contribution in [0.15, 0.2) is 0 Å². The molecular formula is C10H17F2N. The fourth-order valence-corrected chi connectivity index (χ4v) is 1.07. The molecule has 0 fully saturated rings. The van der Waals surface area contributed by atoms with Gasteiger partial charge in [-0.1, -0.05) is 6.92 Å². The summed E-state index contributed by atoms with van der Waals surface area (Å²) >= 11 is 0. The van der Waals surface area contributed by atoms with Gasteiger partial charge in [0.1, 0.15) is 0 Å². The molecule has 1 unspecified atom stereocenters. The van der Waals surface area contributed by atoms with Crippen molar-refractivity contribution in [3.8, 4) is 12.3 Å². The average molecular weight is 189 g/mol. The van der Waals surface area contributed by atoms with Crippen molar-refractivity contribution in [2.24, 2.45) is 0 Å². The van der Waals surface area contributed by atoms with Crippen molar-refractivity contribution in [1.29, 1.82) is 0 Å². The largest absolute Gasteiger partial charge is 0.309 e. The van der Waals surface area contributed by atoms with E-state index in [1.54, 1.807) is 0 Å². The first-order valence-electron chi connectivity index (χ1n) is 4.67. The van der Waals surface area contributed by atoms with Crippen LogP contribution in [0.2, 0.25) is 0 Å². The third-order valence-electron chi connectivity index (χ3n) is 1.80. The fraction of sp³-hybridized carbons (Fsp3) is 0.800. The molecule has 0 aromatic heterocycles. The van der Waals surface area contributed by atoms with E-state index in [4.69, 9.17) is 6.42 Å². The number of nitrogens with one attached hydrogen (secondary N) is 1. The number of alkyl halides is 2. The van der Waals surface area contributed by atoms with Crippen molar-refractivity contribution in [2.75, 3.05) is 6.54 Å². The Bertz CT molecular complexity index is 151. The van der Waals surface area contributed by atoms with E-state index in [9.17, 15) is 8.78 Å². The molecule has 0 rings (SSSR count). The van der Waals surface area contributed by atoms with Gasteiger partial charge in [-0.2, -0.15) is 0 Å². The molecule has 1 N–H and O–H groups in total. The van der Waals surface area contributed by atoms with Gasteiger partial charge in [-0.15, -0.1) is 12.3 Å². The summed E-state index contributed by atoms with van der Waals surface area (Å²) in [7, 11) is 0. The SMILES string of the molecule is C#CCCCC(NCCC)C(F)F. The van der Waals surface area contributed by atoms with Crippen molar-refractivity contribution in [1.82, 2.24) is 5.32 Å². The van der Waals surface area contributed by atoms with Crippen LogP contribution in [-0.4, -0.2) is 19.0 Å². The van der Waals surface area contributed by atoms with Crippen LogP contribution in [0.3, 0.4) is 0 Å². The molecule has 0 bridgehead atoms. The van der Waals surface area contributed by atoms with E-state index >= 15 is 0 Å². The molecule has 0 aromatic rings. The number of hydrogen-bond acceptors (Lipinski definition) is 1. The molecule has 1 atom stereocenters. The summed E-state index contributed by atoms with van der Waals surface area (Å²) in [5.41, 5.74) is 0. The lowest BCUT2D eigenvalue weighted by molar-refractivity contribution is 0.0934. The predicted octanol–water partition coefficient (Wildman–Crippen LogP) is 2.42. The van der Waals surface area contributed by atoms with Crippen LogP contribution in [0.25, 0.3) is 0 Å². The van der Waals surface area contributed by atoms with Crippen LogP contribution in [-0.2, 0) is 0 Å². The maximum absolute atomic E-state index is 12.3. The number of hydrogen-bond donors (Lipinski definition) is 1. The zero-order valence-electron chi connectivity index (χ0n) is 8.02. The number of unbranched alkanes of at least 4 members (excludes halogenated alkanes) is 1. The van der Waals surface area contributed by atoms with Crippen molar-refractivity contribution >= 4 is 0 Å². The quantitative estimate of drug-likeness (QED) is 0.479. The van der Waals surface area contributed by atoms with Gasteiger partial charge in [0.05, 0.1) is 6.04 Å². The Morgan fingerprint density at radius 2 is 2.15 bits per heavy atom. The Kier molecular flexibility index (Phi) is 7.62. The summed E-state index contributed by atoms with van der Waals surface area (Å²) in [4.78, 5) is 0. The molecule has 1 nitrogen and oxygen atoms in total. The minimum Gasteiger partial charge on any atom is -0.309 e. The zero-order valence-corrected chi connectivity index (χ0v) is 8.02. The number of rotatable bonds is 7. The van der Waals surface area contributed by atoms with Gasteiger partial charge in [0, 0.05) is 6.42 Å². The van der Waals surface area contributed by atoms with Crippen LogP contribution in [0.1, 0.15) is 32.6 Å². The highest BCUT2D eigenvalue weighted by Crippen LogP contribution is 2.09. The van der Waals surface area contributed by atoms with Crippen LogP contribution >= 0.6 is 0 Å². The van der Waals surface area contributed by atoms with Gasteiger partial charge in [0.15, 0.2) is 0 Å². The zero-order chi connectivity index (χ0) is 10.1. The van der Waals surface area contributed by atoms with Crippen LogP contribution < -0.4 is 5.32 Å². The van der Waals surface area contributed by atoms with E-state index in [0.717, 1.165) is 6.42 Å². The molecule has 0 radical (unpaired) electrons. The number of halogens is 2.